The predicted octanol–water partition coefficient (Wildman–Crippen LogP) is 1.41. The zero-order chi connectivity index (χ0) is 15.5. The van der Waals surface area contributed by atoms with E-state index in [1.165, 1.54) is 12.8 Å². The largest absolute Gasteiger partial charge is 0.469 e. The van der Waals surface area contributed by atoms with E-state index in [9.17, 15) is 4.79 Å². The monoisotopic (exact) mass is 303 g/mol. The van der Waals surface area contributed by atoms with E-state index in [0.29, 0.717) is 13.0 Å². The molecule has 6 heteroatoms. The van der Waals surface area contributed by atoms with Crippen LogP contribution >= 0.6 is 0 Å². The molecule has 6 nitrogen and oxygen atoms in total. The lowest BCUT2D eigenvalue weighted by Crippen LogP contribution is -2.42. The van der Waals surface area contributed by atoms with Crippen molar-refractivity contribution in [3.8, 4) is 0 Å². The third-order valence-corrected chi connectivity index (χ3v) is 3.98. The molecule has 2 aromatic heterocycles. The van der Waals surface area contributed by atoms with E-state index in [0.717, 1.165) is 31.0 Å². The molecule has 0 aromatic carbocycles. The number of aryl methyl sites for hydroxylation is 1. The molecule has 0 amide bonds. The number of fused-ring (bicyclic) bond motifs is 1. The Bertz CT molecular complexity index is 668. The molecule has 22 heavy (non-hydrogen) atoms. The van der Waals surface area contributed by atoms with Gasteiger partial charge in [-0.1, -0.05) is 6.07 Å². The van der Waals surface area contributed by atoms with Crippen LogP contribution in [-0.2, 0) is 20.8 Å². The molecule has 3 rings (SSSR count). The maximum Gasteiger partial charge on any atom is 0.308 e. The molecule has 2 aromatic rings. The van der Waals surface area contributed by atoms with Crippen LogP contribution in [0.4, 0.5) is 0 Å². The third kappa shape index (κ3) is 3.28. The topological polar surface area (TPSA) is 56.1 Å². The quantitative estimate of drug-likeness (QED) is 0.799. The summed E-state index contributed by atoms with van der Waals surface area (Å²) in [5, 5.41) is 0. The summed E-state index contributed by atoms with van der Waals surface area (Å²) in [6.07, 6.45) is 2.28. The van der Waals surface area contributed by atoms with E-state index in [-0.39, 0.29) is 12.1 Å². The van der Waals surface area contributed by atoms with Gasteiger partial charge >= 0.3 is 5.97 Å². The zero-order valence-corrected chi connectivity index (χ0v) is 13.0. The van der Waals surface area contributed by atoms with E-state index in [4.69, 9.17) is 9.47 Å². The van der Waals surface area contributed by atoms with E-state index in [2.05, 4.69) is 33.5 Å². The van der Waals surface area contributed by atoms with Crippen molar-refractivity contribution < 1.29 is 14.3 Å². The average Bonchev–Trinajstić information content (AvgIpc) is 2.91. The van der Waals surface area contributed by atoms with Gasteiger partial charge in [-0.3, -0.25) is 9.69 Å². The molecule has 0 spiro atoms. The Morgan fingerprint density at radius 2 is 2.36 bits per heavy atom. The number of hydrogen-bond donors (Lipinski definition) is 0. The number of pyridine rings is 1. The van der Waals surface area contributed by atoms with Crippen molar-refractivity contribution >= 4 is 11.6 Å². The third-order valence-electron chi connectivity index (χ3n) is 3.98. The molecule has 1 fully saturated rings. The van der Waals surface area contributed by atoms with E-state index >= 15 is 0 Å². The highest BCUT2D eigenvalue weighted by molar-refractivity contribution is 5.69. The molecular formula is C16H21N3O3. The average molecular weight is 303 g/mol. The Morgan fingerprint density at radius 3 is 3.14 bits per heavy atom. The van der Waals surface area contributed by atoms with Gasteiger partial charge in [0.25, 0.3) is 0 Å². The number of carbonyl (C=O) groups is 1. The van der Waals surface area contributed by atoms with Gasteiger partial charge in [0, 0.05) is 31.5 Å². The number of ether oxygens (including phenoxy) is 2. The number of esters is 1. The summed E-state index contributed by atoms with van der Waals surface area (Å²) in [6.45, 7) is 5.04. The van der Waals surface area contributed by atoms with Gasteiger partial charge in [0.15, 0.2) is 0 Å². The summed E-state index contributed by atoms with van der Waals surface area (Å²) in [5.41, 5.74) is 3.17. The van der Waals surface area contributed by atoms with E-state index < -0.39 is 0 Å². The zero-order valence-electron chi connectivity index (χ0n) is 13.0. The SMILES string of the molecule is COC(=O)C[C@H]1CN(Cc2cn3c(C)cccc3n2)CCO1. The standard InChI is InChI=1S/C16H21N3O3/c1-12-4-3-5-15-17-13(10-19(12)15)9-18-6-7-22-14(11-18)8-16(20)21-2/h3-5,10,14H,6-9,11H2,1-2H3/t14-/m0/s1. The Kier molecular flexibility index (Phi) is 4.40. The van der Waals surface area contributed by atoms with Crippen molar-refractivity contribution in [2.45, 2.75) is 26.0 Å². The molecule has 0 bridgehead atoms. The molecule has 3 heterocycles. The number of hydrogen-bond acceptors (Lipinski definition) is 5. The lowest BCUT2D eigenvalue weighted by Gasteiger charge is -2.31. The van der Waals surface area contributed by atoms with Crippen molar-refractivity contribution in [3.05, 3.63) is 35.8 Å². The van der Waals surface area contributed by atoms with E-state index in [1.807, 2.05) is 12.1 Å². The Labute approximate surface area is 129 Å². The highest BCUT2D eigenvalue weighted by atomic mass is 16.5. The van der Waals surface area contributed by atoms with Crippen LogP contribution in [0.15, 0.2) is 24.4 Å². The fraction of sp³-hybridized carbons (Fsp3) is 0.500. The van der Waals surface area contributed by atoms with Crippen LogP contribution in [0.2, 0.25) is 0 Å². The first-order valence-corrected chi connectivity index (χ1v) is 7.50. The predicted molar refractivity (Wildman–Crippen MR) is 81.6 cm³/mol. The van der Waals surface area contributed by atoms with E-state index in [1.54, 1.807) is 0 Å². The summed E-state index contributed by atoms with van der Waals surface area (Å²) in [6, 6.07) is 6.10. The van der Waals surface area contributed by atoms with Gasteiger partial charge < -0.3 is 13.9 Å². The number of rotatable bonds is 4. The minimum absolute atomic E-state index is 0.0973. The number of carbonyl (C=O) groups excluding carboxylic acids is 1. The van der Waals surface area contributed by atoms with Crippen LogP contribution < -0.4 is 0 Å². The van der Waals surface area contributed by atoms with Crippen molar-refractivity contribution in [3.63, 3.8) is 0 Å². The molecule has 1 atom stereocenters. The highest BCUT2D eigenvalue weighted by Crippen LogP contribution is 2.14. The lowest BCUT2D eigenvalue weighted by atomic mass is 10.2. The molecule has 1 aliphatic rings. The van der Waals surface area contributed by atoms with Crippen LogP contribution in [-0.4, -0.2) is 53.2 Å². The van der Waals surface area contributed by atoms with Gasteiger partial charge in [-0.15, -0.1) is 0 Å². The summed E-state index contributed by atoms with van der Waals surface area (Å²) in [4.78, 5) is 18.3. The molecule has 0 radical (unpaired) electrons. The molecule has 1 saturated heterocycles. The molecule has 118 valence electrons. The summed E-state index contributed by atoms with van der Waals surface area (Å²) in [5.74, 6) is -0.227. The van der Waals surface area contributed by atoms with Crippen LogP contribution in [0.1, 0.15) is 17.8 Å². The van der Waals surface area contributed by atoms with Crippen LogP contribution in [0.25, 0.3) is 5.65 Å². The van der Waals surface area contributed by atoms with Gasteiger partial charge in [0.2, 0.25) is 0 Å². The van der Waals surface area contributed by atoms with Gasteiger partial charge in [0.1, 0.15) is 5.65 Å². The minimum Gasteiger partial charge on any atom is -0.469 e. The fourth-order valence-electron chi connectivity index (χ4n) is 2.82. The molecule has 0 aliphatic carbocycles. The van der Waals surface area contributed by atoms with Crippen molar-refractivity contribution in [2.24, 2.45) is 0 Å². The molecule has 0 unspecified atom stereocenters. The molecule has 0 N–H and O–H groups in total. The van der Waals surface area contributed by atoms with Gasteiger partial charge in [0.05, 0.1) is 31.9 Å². The van der Waals surface area contributed by atoms with Crippen molar-refractivity contribution in [1.82, 2.24) is 14.3 Å². The summed E-state index contributed by atoms with van der Waals surface area (Å²) in [7, 11) is 1.40. The summed E-state index contributed by atoms with van der Waals surface area (Å²) < 4.78 is 12.4. The fourth-order valence-corrected chi connectivity index (χ4v) is 2.82. The Balaban J connectivity index is 1.66. The first-order chi connectivity index (χ1) is 10.7. The second kappa shape index (κ2) is 6.46. The number of nitrogens with zero attached hydrogens (tertiary/aromatic N) is 3. The second-order valence-electron chi connectivity index (χ2n) is 5.64. The molecular weight excluding hydrogens is 282 g/mol. The van der Waals surface area contributed by atoms with Crippen LogP contribution in [0.3, 0.4) is 0 Å². The molecule has 1 aliphatic heterocycles. The van der Waals surface area contributed by atoms with Crippen LogP contribution in [0, 0.1) is 6.92 Å². The number of aromatic nitrogens is 2. The highest BCUT2D eigenvalue weighted by Gasteiger charge is 2.23. The normalized spacial score (nSPS) is 19.5. The van der Waals surface area contributed by atoms with Gasteiger partial charge in [-0.2, -0.15) is 0 Å². The smallest absolute Gasteiger partial charge is 0.308 e. The first kappa shape index (κ1) is 15.0. The Hall–Kier alpha value is -1.92. The lowest BCUT2D eigenvalue weighted by molar-refractivity contribution is -0.145. The summed E-state index contributed by atoms with van der Waals surface area (Å²) >= 11 is 0. The minimum atomic E-state index is -0.227. The van der Waals surface area contributed by atoms with Crippen molar-refractivity contribution in [1.29, 1.82) is 0 Å². The van der Waals surface area contributed by atoms with Gasteiger partial charge in [-0.25, -0.2) is 4.98 Å². The van der Waals surface area contributed by atoms with Gasteiger partial charge in [-0.05, 0) is 19.1 Å². The maximum atomic E-state index is 11.4. The number of imidazole rings is 1. The molecule has 0 saturated carbocycles. The van der Waals surface area contributed by atoms with Crippen molar-refractivity contribution in [2.75, 3.05) is 26.8 Å². The number of methoxy groups -OCH3 is 1. The first-order valence-electron chi connectivity index (χ1n) is 7.50. The second-order valence-corrected chi connectivity index (χ2v) is 5.64. The maximum absolute atomic E-state index is 11.4. The Morgan fingerprint density at radius 1 is 1.50 bits per heavy atom. The number of morpholine rings is 1. The van der Waals surface area contributed by atoms with Crippen LogP contribution in [0.5, 0.6) is 0 Å².